The van der Waals surface area contributed by atoms with Crippen molar-refractivity contribution < 1.29 is 19.2 Å². The van der Waals surface area contributed by atoms with Gasteiger partial charge in [-0.1, -0.05) is 12.1 Å². The Morgan fingerprint density at radius 1 is 1.03 bits per heavy atom. The van der Waals surface area contributed by atoms with Crippen molar-refractivity contribution in [2.24, 2.45) is 5.73 Å². The molecule has 2 heterocycles. The first-order valence-corrected chi connectivity index (χ1v) is 10.3. The molecule has 3 fully saturated rings. The number of fused-ring (bicyclic) bond motifs is 1. The number of nitrogens with zero attached hydrogens (tertiary/aromatic N) is 2. The molecule has 2 aliphatic carbocycles. The Morgan fingerprint density at radius 2 is 1.79 bits per heavy atom. The lowest BCUT2D eigenvalue weighted by Gasteiger charge is -2.42. The van der Waals surface area contributed by atoms with Crippen LogP contribution in [0.1, 0.15) is 64.8 Å². The molecule has 4 amide bonds. The Morgan fingerprint density at radius 3 is 2.45 bits per heavy atom. The van der Waals surface area contributed by atoms with Gasteiger partial charge in [0.2, 0.25) is 11.8 Å². The maximum atomic E-state index is 13.2. The molecule has 0 spiro atoms. The molecular formula is C21H24N4O4. The first-order chi connectivity index (χ1) is 13.9. The number of amides is 4. The Kier molecular flexibility index (Phi) is 4.29. The van der Waals surface area contributed by atoms with Crippen molar-refractivity contribution in [1.82, 2.24) is 15.1 Å². The third-order valence-corrected chi connectivity index (χ3v) is 6.54. The molecule has 0 bridgehead atoms. The predicted octanol–water partition coefficient (Wildman–Crippen LogP) is 0.542. The van der Waals surface area contributed by atoms with E-state index in [1.807, 2.05) is 6.07 Å². The molecular weight excluding hydrogens is 372 g/mol. The van der Waals surface area contributed by atoms with Gasteiger partial charge in [-0.2, -0.15) is 0 Å². The number of nitrogens with two attached hydrogens (primary N) is 1. The zero-order valence-corrected chi connectivity index (χ0v) is 16.1. The van der Waals surface area contributed by atoms with Gasteiger partial charge in [0, 0.05) is 31.1 Å². The third kappa shape index (κ3) is 3.07. The lowest BCUT2D eigenvalue weighted by molar-refractivity contribution is -0.136. The van der Waals surface area contributed by atoms with Crippen molar-refractivity contribution in [1.29, 1.82) is 0 Å². The molecule has 5 rings (SSSR count). The van der Waals surface area contributed by atoms with Gasteiger partial charge >= 0.3 is 0 Å². The fraction of sp³-hybridized carbons (Fsp3) is 0.524. The highest BCUT2D eigenvalue weighted by Gasteiger charge is 2.46. The van der Waals surface area contributed by atoms with Crippen molar-refractivity contribution in [2.75, 3.05) is 0 Å². The van der Waals surface area contributed by atoms with Crippen molar-refractivity contribution >= 4 is 23.6 Å². The maximum Gasteiger partial charge on any atom is 0.262 e. The summed E-state index contributed by atoms with van der Waals surface area (Å²) in [6, 6.07) is 5.59. The second-order valence-electron chi connectivity index (χ2n) is 8.58. The minimum absolute atomic E-state index is 0.119. The number of piperidine rings is 1. The Hall–Kier alpha value is -2.58. The molecule has 8 nitrogen and oxygen atoms in total. The number of hydrogen-bond acceptors (Lipinski definition) is 6. The van der Waals surface area contributed by atoms with Crippen LogP contribution in [0.5, 0.6) is 0 Å². The maximum absolute atomic E-state index is 13.2. The fourth-order valence-electron chi connectivity index (χ4n) is 4.78. The lowest BCUT2D eigenvalue weighted by Crippen LogP contribution is -2.54. The minimum Gasteiger partial charge on any atom is -0.328 e. The summed E-state index contributed by atoms with van der Waals surface area (Å²) in [7, 11) is 0. The van der Waals surface area contributed by atoms with Crippen LogP contribution in [0.4, 0.5) is 0 Å². The van der Waals surface area contributed by atoms with Crippen LogP contribution in [-0.4, -0.2) is 57.6 Å². The van der Waals surface area contributed by atoms with Gasteiger partial charge in [-0.15, -0.1) is 0 Å². The first kappa shape index (κ1) is 18.4. The highest BCUT2D eigenvalue weighted by atomic mass is 16.2. The van der Waals surface area contributed by atoms with E-state index in [1.165, 1.54) is 0 Å². The van der Waals surface area contributed by atoms with E-state index < -0.39 is 23.8 Å². The summed E-state index contributed by atoms with van der Waals surface area (Å²) in [5.74, 6) is -1.84. The second-order valence-corrected chi connectivity index (χ2v) is 8.58. The van der Waals surface area contributed by atoms with Gasteiger partial charge in [-0.25, -0.2) is 0 Å². The SMILES string of the molecule is NC1CC(N(Cc2cccc3c2C(=O)N(C2CCC(=O)NC2=O)C3=O)C2CC2)C1. The summed E-state index contributed by atoms with van der Waals surface area (Å²) in [4.78, 5) is 53.4. The number of carbonyl (C=O) groups excluding carboxylic acids is 4. The lowest BCUT2D eigenvalue weighted by atomic mass is 9.85. The van der Waals surface area contributed by atoms with Crippen LogP contribution in [0, 0.1) is 0 Å². The molecule has 1 aromatic rings. The van der Waals surface area contributed by atoms with Crippen molar-refractivity contribution in [2.45, 2.75) is 69.2 Å². The average Bonchev–Trinajstić information content (AvgIpc) is 3.46. The van der Waals surface area contributed by atoms with Gasteiger partial charge in [0.25, 0.3) is 11.8 Å². The topological polar surface area (TPSA) is 113 Å². The van der Waals surface area contributed by atoms with Gasteiger partial charge in [-0.05, 0) is 43.7 Å². The molecule has 0 aromatic heterocycles. The Bertz CT molecular complexity index is 919. The van der Waals surface area contributed by atoms with Gasteiger partial charge in [0.15, 0.2) is 0 Å². The van der Waals surface area contributed by atoms with Crippen LogP contribution in [0.25, 0.3) is 0 Å². The summed E-state index contributed by atoms with van der Waals surface area (Å²) >= 11 is 0. The second kappa shape index (κ2) is 6.74. The largest absolute Gasteiger partial charge is 0.328 e. The van der Waals surface area contributed by atoms with Crippen LogP contribution in [0.15, 0.2) is 18.2 Å². The van der Waals surface area contributed by atoms with E-state index in [0.29, 0.717) is 29.8 Å². The molecule has 8 heteroatoms. The van der Waals surface area contributed by atoms with Crippen LogP contribution in [0.3, 0.4) is 0 Å². The molecule has 1 unspecified atom stereocenters. The van der Waals surface area contributed by atoms with E-state index in [1.54, 1.807) is 12.1 Å². The van der Waals surface area contributed by atoms with E-state index in [-0.39, 0.29) is 24.8 Å². The number of carbonyl (C=O) groups is 4. The predicted molar refractivity (Wildman–Crippen MR) is 103 cm³/mol. The summed E-state index contributed by atoms with van der Waals surface area (Å²) in [5.41, 5.74) is 7.55. The Labute approximate surface area is 168 Å². The van der Waals surface area contributed by atoms with Crippen molar-refractivity contribution in [3.05, 3.63) is 34.9 Å². The quantitative estimate of drug-likeness (QED) is 0.703. The zero-order valence-electron chi connectivity index (χ0n) is 16.1. The molecule has 1 atom stereocenters. The molecule has 4 aliphatic rings. The van der Waals surface area contributed by atoms with Gasteiger partial charge < -0.3 is 5.73 Å². The van der Waals surface area contributed by atoms with E-state index in [0.717, 1.165) is 36.1 Å². The molecule has 1 saturated heterocycles. The van der Waals surface area contributed by atoms with E-state index >= 15 is 0 Å². The minimum atomic E-state index is -0.933. The van der Waals surface area contributed by atoms with E-state index in [4.69, 9.17) is 5.73 Å². The summed E-state index contributed by atoms with van der Waals surface area (Å²) in [6.45, 7) is 0.605. The number of benzene rings is 1. The highest BCUT2D eigenvalue weighted by molar-refractivity contribution is 6.24. The van der Waals surface area contributed by atoms with Crippen molar-refractivity contribution in [3.63, 3.8) is 0 Å². The third-order valence-electron chi connectivity index (χ3n) is 6.54. The summed E-state index contributed by atoms with van der Waals surface area (Å²) in [6.07, 6.45) is 4.50. The van der Waals surface area contributed by atoms with E-state index in [2.05, 4.69) is 10.2 Å². The standard InChI is InChI=1S/C21H24N4O4/c22-12-8-14(9-12)24(13-4-5-13)10-11-2-1-3-15-18(11)21(29)25(20(15)28)16-6-7-17(26)23-19(16)27/h1-3,12-14,16H,4-10,22H2,(H,23,26,27). The molecule has 0 radical (unpaired) electrons. The monoisotopic (exact) mass is 396 g/mol. The zero-order chi connectivity index (χ0) is 20.3. The summed E-state index contributed by atoms with van der Waals surface area (Å²) < 4.78 is 0. The van der Waals surface area contributed by atoms with Gasteiger partial charge in [0.05, 0.1) is 11.1 Å². The van der Waals surface area contributed by atoms with Gasteiger partial charge in [-0.3, -0.25) is 34.3 Å². The van der Waals surface area contributed by atoms with E-state index in [9.17, 15) is 19.2 Å². The van der Waals surface area contributed by atoms with Crippen LogP contribution >= 0.6 is 0 Å². The smallest absolute Gasteiger partial charge is 0.262 e. The fourth-order valence-corrected chi connectivity index (χ4v) is 4.78. The molecule has 3 N–H and O–H groups in total. The van der Waals surface area contributed by atoms with Crippen LogP contribution < -0.4 is 11.1 Å². The first-order valence-electron chi connectivity index (χ1n) is 10.3. The normalized spacial score (nSPS) is 29.2. The highest BCUT2D eigenvalue weighted by Crippen LogP contribution is 2.38. The number of nitrogens with one attached hydrogen (secondary N) is 1. The van der Waals surface area contributed by atoms with Crippen LogP contribution in [-0.2, 0) is 16.1 Å². The Balaban J connectivity index is 1.43. The number of hydrogen-bond donors (Lipinski definition) is 2. The summed E-state index contributed by atoms with van der Waals surface area (Å²) in [5, 5.41) is 2.23. The van der Waals surface area contributed by atoms with Crippen LogP contribution in [0.2, 0.25) is 0 Å². The number of imide groups is 2. The average molecular weight is 396 g/mol. The molecule has 29 heavy (non-hydrogen) atoms. The molecule has 1 aromatic carbocycles. The molecule has 2 saturated carbocycles. The van der Waals surface area contributed by atoms with Crippen molar-refractivity contribution in [3.8, 4) is 0 Å². The number of rotatable bonds is 5. The molecule has 152 valence electrons. The molecule has 2 aliphatic heterocycles. The van der Waals surface area contributed by atoms with Gasteiger partial charge in [0.1, 0.15) is 6.04 Å².